The standard InChI is InChI=1S/C12H13FN2O/c1-2-11-9(4-6-16-11)12(14)8-3-5-15-7-10(8)13/h3-7,12H,2,14H2,1H3. The number of nitrogens with two attached hydrogens (primary N) is 1. The van der Waals surface area contributed by atoms with Gasteiger partial charge in [-0.1, -0.05) is 6.92 Å². The normalized spacial score (nSPS) is 12.7. The quantitative estimate of drug-likeness (QED) is 0.864. The Morgan fingerprint density at radius 3 is 2.94 bits per heavy atom. The van der Waals surface area contributed by atoms with E-state index in [1.807, 2.05) is 6.92 Å². The van der Waals surface area contributed by atoms with Crippen molar-refractivity contribution in [3.63, 3.8) is 0 Å². The van der Waals surface area contributed by atoms with E-state index >= 15 is 0 Å². The number of halogens is 1. The van der Waals surface area contributed by atoms with Gasteiger partial charge >= 0.3 is 0 Å². The lowest BCUT2D eigenvalue weighted by Crippen LogP contribution is -2.14. The van der Waals surface area contributed by atoms with E-state index in [-0.39, 0.29) is 0 Å². The molecule has 84 valence electrons. The van der Waals surface area contributed by atoms with E-state index in [9.17, 15) is 4.39 Å². The highest BCUT2D eigenvalue weighted by Crippen LogP contribution is 2.25. The predicted octanol–water partition coefficient (Wildman–Crippen LogP) is 2.42. The number of hydrogen-bond donors (Lipinski definition) is 1. The first-order chi connectivity index (χ1) is 7.74. The Hall–Kier alpha value is -1.68. The highest BCUT2D eigenvalue weighted by molar-refractivity contribution is 5.32. The third kappa shape index (κ3) is 1.84. The molecule has 1 atom stereocenters. The van der Waals surface area contributed by atoms with E-state index in [4.69, 9.17) is 10.2 Å². The van der Waals surface area contributed by atoms with Gasteiger partial charge in [0.25, 0.3) is 0 Å². The van der Waals surface area contributed by atoms with E-state index in [1.54, 1.807) is 18.4 Å². The van der Waals surface area contributed by atoms with Gasteiger partial charge in [-0.25, -0.2) is 4.39 Å². The van der Waals surface area contributed by atoms with Gasteiger partial charge in [-0.15, -0.1) is 0 Å². The van der Waals surface area contributed by atoms with Gasteiger partial charge in [-0.05, 0) is 12.1 Å². The Balaban J connectivity index is 2.39. The molecule has 0 bridgehead atoms. The average molecular weight is 220 g/mol. The Morgan fingerprint density at radius 2 is 2.25 bits per heavy atom. The van der Waals surface area contributed by atoms with Crippen LogP contribution in [0.4, 0.5) is 4.39 Å². The van der Waals surface area contributed by atoms with Gasteiger partial charge in [0.2, 0.25) is 0 Å². The summed E-state index contributed by atoms with van der Waals surface area (Å²) in [6.07, 6.45) is 5.01. The molecule has 3 nitrogen and oxygen atoms in total. The lowest BCUT2D eigenvalue weighted by Gasteiger charge is -2.12. The monoisotopic (exact) mass is 220 g/mol. The lowest BCUT2D eigenvalue weighted by atomic mass is 10.00. The van der Waals surface area contributed by atoms with Crippen molar-refractivity contribution in [1.82, 2.24) is 4.98 Å². The predicted molar refractivity (Wildman–Crippen MR) is 58.3 cm³/mol. The number of hydrogen-bond acceptors (Lipinski definition) is 3. The summed E-state index contributed by atoms with van der Waals surface area (Å²) in [7, 11) is 0. The first kappa shape index (κ1) is 10.8. The zero-order chi connectivity index (χ0) is 11.5. The van der Waals surface area contributed by atoms with Gasteiger partial charge < -0.3 is 10.2 Å². The summed E-state index contributed by atoms with van der Waals surface area (Å²) < 4.78 is 18.8. The number of furan rings is 1. The van der Waals surface area contributed by atoms with Crippen LogP contribution in [-0.4, -0.2) is 4.98 Å². The van der Waals surface area contributed by atoms with E-state index in [0.717, 1.165) is 17.7 Å². The van der Waals surface area contributed by atoms with Gasteiger partial charge in [0.1, 0.15) is 11.6 Å². The second kappa shape index (κ2) is 4.45. The molecule has 2 N–H and O–H groups in total. The number of aromatic nitrogens is 1. The van der Waals surface area contributed by atoms with Crippen molar-refractivity contribution in [3.8, 4) is 0 Å². The van der Waals surface area contributed by atoms with Crippen LogP contribution >= 0.6 is 0 Å². The summed E-state index contributed by atoms with van der Waals surface area (Å²) in [5.41, 5.74) is 7.27. The van der Waals surface area contributed by atoms with Gasteiger partial charge in [-0.2, -0.15) is 0 Å². The molecular weight excluding hydrogens is 207 g/mol. The average Bonchev–Trinajstić information content (AvgIpc) is 2.77. The second-order valence-electron chi connectivity index (χ2n) is 3.53. The highest BCUT2D eigenvalue weighted by atomic mass is 19.1. The molecule has 0 aliphatic heterocycles. The fourth-order valence-corrected chi connectivity index (χ4v) is 1.72. The van der Waals surface area contributed by atoms with Crippen LogP contribution in [0.1, 0.15) is 29.9 Å². The maximum atomic E-state index is 13.5. The summed E-state index contributed by atoms with van der Waals surface area (Å²) >= 11 is 0. The Bertz CT molecular complexity index is 481. The summed E-state index contributed by atoms with van der Waals surface area (Å²) in [5.74, 6) is 0.405. The SMILES string of the molecule is CCc1occc1C(N)c1ccncc1F. The van der Waals surface area contributed by atoms with Crippen LogP contribution in [0.5, 0.6) is 0 Å². The Labute approximate surface area is 93.1 Å². The van der Waals surface area contributed by atoms with Gasteiger partial charge in [0, 0.05) is 23.7 Å². The first-order valence-electron chi connectivity index (χ1n) is 5.15. The highest BCUT2D eigenvalue weighted by Gasteiger charge is 2.17. The number of aryl methyl sites for hydroxylation is 1. The van der Waals surface area contributed by atoms with Crippen molar-refractivity contribution in [2.45, 2.75) is 19.4 Å². The second-order valence-corrected chi connectivity index (χ2v) is 3.53. The van der Waals surface area contributed by atoms with Gasteiger partial charge in [-0.3, -0.25) is 4.98 Å². The third-order valence-electron chi connectivity index (χ3n) is 2.57. The third-order valence-corrected chi connectivity index (χ3v) is 2.57. The maximum absolute atomic E-state index is 13.5. The molecule has 0 saturated carbocycles. The minimum Gasteiger partial charge on any atom is -0.469 e. The van der Waals surface area contributed by atoms with Crippen molar-refractivity contribution in [2.24, 2.45) is 5.73 Å². The van der Waals surface area contributed by atoms with Crippen LogP contribution < -0.4 is 5.73 Å². The van der Waals surface area contributed by atoms with Crippen LogP contribution in [-0.2, 0) is 6.42 Å². The van der Waals surface area contributed by atoms with E-state index < -0.39 is 11.9 Å². The summed E-state index contributed by atoms with van der Waals surface area (Å²) in [6.45, 7) is 1.97. The van der Waals surface area contributed by atoms with Crippen LogP contribution in [0, 0.1) is 5.82 Å². The molecule has 0 spiro atoms. The summed E-state index contributed by atoms with van der Waals surface area (Å²) in [6, 6.07) is 2.87. The molecule has 2 aromatic rings. The molecule has 0 radical (unpaired) electrons. The van der Waals surface area contributed by atoms with Crippen LogP contribution in [0.25, 0.3) is 0 Å². The Morgan fingerprint density at radius 1 is 1.44 bits per heavy atom. The fraction of sp³-hybridized carbons (Fsp3) is 0.250. The number of rotatable bonds is 3. The molecule has 0 aliphatic rings. The topological polar surface area (TPSA) is 52.0 Å². The molecule has 0 aromatic carbocycles. The molecule has 4 heteroatoms. The van der Waals surface area contributed by atoms with Gasteiger partial charge in [0.05, 0.1) is 18.5 Å². The van der Waals surface area contributed by atoms with Crippen molar-refractivity contribution in [2.75, 3.05) is 0 Å². The molecule has 2 aromatic heterocycles. The van der Waals surface area contributed by atoms with E-state index in [2.05, 4.69) is 4.98 Å². The number of pyridine rings is 1. The molecule has 2 heterocycles. The zero-order valence-electron chi connectivity index (χ0n) is 8.98. The van der Waals surface area contributed by atoms with E-state index in [1.165, 1.54) is 12.4 Å². The molecule has 0 fully saturated rings. The smallest absolute Gasteiger partial charge is 0.146 e. The summed E-state index contributed by atoms with van der Waals surface area (Å²) in [4.78, 5) is 3.70. The molecule has 0 saturated heterocycles. The minimum absolute atomic E-state index is 0.391. The van der Waals surface area contributed by atoms with Gasteiger partial charge in [0.15, 0.2) is 0 Å². The fourth-order valence-electron chi connectivity index (χ4n) is 1.72. The minimum atomic E-state index is -0.503. The zero-order valence-corrected chi connectivity index (χ0v) is 8.98. The first-order valence-corrected chi connectivity index (χ1v) is 5.15. The van der Waals surface area contributed by atoms with Crippen molar-refractivity contribution in [1.29, 1.82) is 0 Å². The molecule has 2 rings (SSSR count). The summed E-state index contributed by atoms with van der Waals surface area (Å²) in [5, 5.41) is 0. The Kier molecular flexibility index (Phi) is 3.01. The number of nitrogens with zero attached hydrogens (tertiary/aromatic N) is 1. The van der Waals surface area contributed by atoms with Crippen LogP contribution in [0.15, 0.2) is 35.2 Å². The van der Waals surface area contributed by atoms with Crippen LogP contribution in [0.2, 0.25) is 0 Å². The maximum Gasteiger partial charge on any atom is 0.146 e. The van der Waals surface area contributed by atoms with E-state index in [0.29, 0.717) is 5.56 Å². The van der Waals surface area contributed by atoms with Crippen molar-refractivity contribution < 1.29 is 8.81 Å². The van der Waals surface area contributed by atoms with Crippen molar-refractivity contribution >= 4 is 0 Å². The molecule has 0 aliphatic carbocycles. The van der Waals surface area contributed by atoms with Crippen molar-refractivity contribution in [3.05, 3.63) is 53.5 Å². The largest absolute Gasteiger partial charge is 0.469 e. The molecular formula is C12H13FN2O. The lowest BCUT2D eigenvalue weighted by molar-refractivity contribution is 0.507. The molecule has 16 heavy (non-hydrogen) atoms. The van der Waals surface area contributed by atoms with Crippen LogP contribution in [0.3, 0.4) is 0 Å². The molecule has 0 amide bonds. The molecule has 1 unspecified atom stereocenters.